The van der Waals surface area contributed by atoms with E-state index in [0.717, 1.165) is 12.8 Å². The summed E-state index contributed by atoms with van der Waals surface area (Å²) in [5.74, 6) is -0.693. The van der Waals surface area contributed by atoms with Crippen molar-refractivity contribution in [2.75, 3.05) is 45.8 Å². The van der Waals surface area contributed by atoms with Crippen LogP contribution in [0.15, 0.2) is 15.3 Å². The van der Waals surface area contributed by atoms with Crippen molar-refractivity contribution in [2.45, 2.75) is 76.2 Å². The first kappa shape index (κ1) is 34.5. The fourth-order valence-electron chi connectivity index (χ4n) is 3.47. The first-order chi connectivity index (χ1) is 18.4. The first-order valence-corrected chi connectivity index (χ1v) is 13.0. The van der Waals surface area contributed by atoms with Crippen molar-refractivity contribution < 1.29 is 14.4 Å². The third kappa shape index (κ3) is 19.6. The molecule has 0 rings (SSSR count). The lowest BCUT2D eigenvalue weighted by molar-refractivity contribution is -0.126. The Morgan fingerprint density at radius 3 is 1.47 bits per heavy atom. The number of carbonyl (C=O) groups is 3. The maximum absolute atomic E-state index is 13.0. The fourth-order valence-corrected chi connectivity index (χ4v) is 3.47. The SMILES string of the molecule is [N-]=[N+]=NCCCCNCCC(=O)C(N)(CCC(=O)NCCCCN=[N+]=[N-])CCC(=O)NCCCCN=[N+]=[N-]. The van der Waals surface area contributed by atoms with Crippen molar-refractivity contribution in [3.63, 3.8) is 0 Å². The summed E-state index contributed by atoms with van der Waals surface area (Å²) < 4.78 is 0. The summed E-state index contributed by atoms with van der Waals surface area (Å²) in [6, 6.07) is 0. The Hall–Kier alpha value is -3.54. The number of ketones is 1. The van der Waals surface area contributed by atoms with Gasteiger partial charge in [0, 0.05) is 73.3 Å². The van der Waals surface area contributed by atoms with E-state index < -0.39 is 5.54 Å². The number of hydrogen-bond acceptors (Lipinski definition) is 8. The number of nitrogens with one attached hydrogen (secondary N) is 3. The Kier molecular flexibility index (Phi) is 21.6. The van der Waals surface area contributed by atoms with E-state index in [1.54, 1.807) is 0 Å². The maximum atomic E-state index is 13.0. The number of carbonyl (C=O) groups excluding carboxylic acids is 3. The van der Waals surface area contributed by atoms with Crippen LogP contribution in [0.25, 0.3) is 31.3 Å². The van der Waals surface area contributed by atoms with Crippen LogP contribution in [-0.4, -0.2) is 68.9 Å². The molecule has 0 heterocycles. The molecule has 0 atom stereocenters. The summed E-state index contributed by atoms with van der Waals surface area (Å²) in [5, 5.41) is 19.1. The molecule has 0 aromatic rings. The number of unbranched alkanes of at least 4 members (excludes halogenated alkanes) is 3. The van der Waals surface area contributed by atoms with E-state index in [2.05, 4.69) is 46.0 Å². The molecular formula is C22H41N13O3. The van der Waals surface area contributed by atoms with Gasteiger partial charge in [-0.25, -0.2) is 0 Å². The highest BCUT2D eigenvalue weighted by Crippen LogP contribution is 2.20. The van der Waals surface area contributed by atoms with E-state index in [0.29, 0.717) is 71.5 Å². The van der Waals surface area contributed by atoms with Gasteiger partial charge in [-0.3, -0.25) is 14.4 Å². The van der Waals surface area contributed by atoms with Gasteiger partial charge < -0.3 is 21.7 Å². The largest absolute Gasteiger partial charge is 0.356 e. The van der Waals surface area contributed by atoms with Crippen LogP contribution < -0.4 is 21.7 Å². The summed E-state index contributed by atoms with van der Waals surface area (Å²) in [6.45, 7) is 3.09. The summed E-state index contributed by atoms with van der Waals surface area (Å²) in [5.41, 5.74) is 30.0. The molecule has 0 aliphatic carbocycles. The maximum Gasteiger partial charge on any atom is 0.220 e. The van der Waals surface area contributed by atoms with Gasteiger partial charge in [0.25, 0.3) is 0 Å². The highest BCUT2D eigenvalue weighted by molar-refractivity contribution is 5.90. The lowest BCUT2D eigenvalue weighted by Crippen LogP contribution is -2.50. The van der Waals surface area contributed by atoms with E-state index in [1.807, 2.05) is 0 Å². The summed E-state index contributed by atoms with van der Waals surface area (Å²) in [4.78, 5) is 45.6. The third-order valence-electron chi connectivity index (χ3n) is 5.75. The van der Waals surface area contributed by atoms with Gasteiger partial charge in [-0.05, 0) is 74.5 Å². The number of amides is 2. The molecule has 212 valence electrons. The summed E-state index contributed by atoms with van der Waals surface area (Å²) in [7, 11) is 0. The van der Waals surface area contributed by atoms with Crippen molar-refractivity contribution in [1.29, 1.82) is 0 Å². The number of nitrogens with two attached hydrogens (primary N) is 1. The quantitative estimate of drug-likeness (QED) is 0.0591. The zero-order valence-electron chi connectivity index (χ0n) is 22.1. The Morgan fingerprint density at radius 2 is 1.05 bits per heavy atom. The number of Topliss-reactive ketones (excluding diaryl/α,β-unsaturated/α-hetero) is 1. The molecule has 16 nitrogen and oxygen atoms in total. The molecule has 0 spiro atoms. The molecule has 0 unspecified atom stereocenters. The van der Waals surface area contributed by atoms with Gasteiger partial charge >= 0.3 is 0 Å². The molecule has 0 fully saturated rings. The number of nitrogens with zero attached hydrogens (tertiary/aromatic N) is 9. The van der Waals surface area contributed by atoms with Crippen LogP contribution in [0, 0.1) is 0 Å². The van der Waals surface area contributed by atoms with Gasteiger partial charge in [-0.1, -0.05) is 15.3 Å². The Balaban J connectivity index is 4.69. The normalized spacial score (nSPS) is 11.7. The average Bonchev–Trinajstić information content (AvgIpc) is 2.91. The van der Waals surface area contributed by atoms with E-state index >= 15 is 0 Å². The number of azide groups is 3. The molecule has 2 amide bonds. The van der Waals surface area contributed by atoms with Crippen molar-refractivity contribution in [2.24, 2.45) is 21.1 Å². The molecule has 38 heavy (non-hydrogen) atoms. The van der Waals surface area contributed by atoms with Gasteiger partial charge in [-0.15, -0.1) is 0 Å². The highest BCUT2D eigenvalue weighted by atomic mass is 16.2. The van der Waals surface area contributed by atoms with Crippen molar-refractivity contribution in [1.82, 2.24) is 16.0 Å². The molecule has 0 aliphatic heterocycles. The van der Waals surface area contributed by atoms with Crippen LogP contribution in [-0.2, 0) is 14.4 Å². The van der Waals surface area contributed by atoms with Gasteiger partial charge in [0.1, 0.15) is 0 Å². The molecule has 0 aromatic heterocycles. The Labute approximate surface area is 222 Å². The molecule has 0 aromatic carbocycles. The molecule has 5 N–H and O–H groups in total. The highest BCUT2D eigenvalue weighted by Gasteiger charge is 2.33. The first-order valence-electron chi connectivity index (χ1n) is 13.0. The van der Waals surface area contributed by atoms with E-state index in [9.17, 15) is 14.4 Å². The minimum Gasteiger partial charge on any atom is -0.356 e. The summed E-state index contributed by atoms with van der Waals surface area (Å²) >= 11 is 0. The number of rotatable bonds is 25. The predicted octanol–water partition coefficient (Wildman–Crippen LogP) is 3.30. The van der Waals surface area contributed by atoms with E-state index in [4.69, 9.17) is 22.3 Å². The van der Waals surface area contributed by atoms with Gasteiger partial charge in [0.05, 0.1) is 5.54 Å². The molecule has 0 aliphatic rings. The fraction of sp³-hybridized carbons (Fsp3) is 0.864. The molecular weight excluding hydrogens is 494 g/mol. The number of hydrogen-bond donors (Lipinski definition) is 4. The van der Waals surface area contributed by atoms with Crippen LogP contribution >= 0.6 is 0 Å². The van der Waals surface area contributed by atoms with Gasteiger partial charge in [-0.2, -0.15) is 0 Å². The Bertz CT molecular complexity index is 803. The second-order valence-electron chi connectivity index (χ2n) is 8.76. The van der Waals surface area contributed by atoms with Crippen molar-refractivity contribution in [3.8, 4) is 0 Å². The lowest BCUT2D eigenvalue weighted by atomic mass is 9.83. The standard InChI is InChI=1S/C22H41N13O3/c23-22(10-7-20(37)28-13-2-5-16-31-34-25,11-8-21(38)29-14-3-6-17-32-35-26)19(36)9-18-27-12-1-4-15-30-33-24/h27H,1-18,23H2,(H,28,37)(H,29,38). The minimum atomic E-state index is -1.32. The molecule has 0 saturated carbocycles. The third-order valence-corrected chi connectivity index (χ3v) is 5.75. The minimum absolute atomic E-state index is 0.0481. The zero-order chi connectivity index (χ0) is 28.3. The topological polar surface area (TPSA) is 260 Å². The van der Waals surface area contributed by atoms with Crippen LogP contribution in [0.2, 0.25) is 0 Å². The van der Waals surface area contributed by atoms with Gasteiger partial charge in [0.2, 0.25) is 11.8 Å². The second-order valence-corrected chi connectivity index (χ2v) is 8.76. The second kappa shape index (κ2) is 23.8. The van der Waals surface area contributed by atoms with Crippen LogP contribution in [0.5, 0.6) is 0 Å². The van der Waals surface area contributed by atoms with Crippen LogP contribution in [0.1, 0.15) is 70.6 Å². The van der Waals surface area contributed by atoms with Gasteiger partial charge in [0.15, 0.2) is 5.78 Å². The van der Waals surface area contributed by atoms with Crippen LogP contribution in [0.3, 0.4) is 0 Å². The molecule has 16 heteroatoms. The summed E-state index contributed by atoms with van der Waals surface area (Å²) in [6.07, 6.45) is 4.66. The van der Waals surface area contributed by atoms with Crippen molar-refractivity contribution >= 4 is 17.6 Å². The molecule has 0 saturated heterocycles. The average molecular weight is 536 g/mol. The smallest absolute Gasteiger partial charge is 0.220 e. The van der Waals surface area contributed by atoms with Crippen molar-refractivity contribution in [3.05, 3.63) is 31.3 Å². The molecule has 0 radical (unpaired) electrons. The van der Waals surface area contributed by atoms with E-state index in [1.165, 1.54) is 0 Å². The molecule has 0 bridgehead atoms. The monoisotopic (exact) mass is 535 g/mol. The Morgan fingerprint density at radius 1 is 0.632 bits per heavy atom. The zero-order valence-corrected chi connectivity index (χ0v) is 22.1. The van der Waals surface area contributed by atoms with E-state index in [-0.39, 0.29) is 49.7 Å². The lowest BCUT2D eigenvalue weighted by Gasteiger charge is -2.28. The predicted molar refractivity (Wildman–Crippen MR) is 144 cm³/mol. The van der Waals surface area contributed by atoms with Crippen LogP contribution in [0.4, 0.5) is 0 Å².